The van der Waals surface area contributed by atoms with Gasteiger partial charge in [-0.1, -0.05) is 71.4 Å². The van der Waals surface area contributed by atoms with Crippen LogP contribution in [0.3, 0.4) is 0 Å². The second-order valence-electron chi connectivity index (χ2n) is 7.13. The number of nitrogens with zero attached hydrogens (tertiary/aromatic N) is 1. The fourth-order valence-corrected chi connectivity index (χ4v) is 4.90. The standard InChI is InChI=1S/C25H18Cl2FNO3S2/c1-2-31-22-11-15(7-10-21(22)32-14-16-5-3-4-6-18(16)26)12-23-24(30)29(25(33)34-23)17-8-9-20(28)19(27)13-17/h3-13H,2,14H2,1H3. The molecule has 1 fully saturated rings. The minimum absolute atomic E-state index is 0.0794. The maximum absolute atomic E-state index is 13.5. The van der Waals surface area contributed by atoms with Crippen LogP contribution in [0.1, 0.15) is 18.1 Å². The zero-order chi connectivity index (χ0) is 24.2. The lowest BCUT2D eigenvalue weighted by Gasteiger charge is -2.15. The van der Waals surface area contributed by atoms with E-state index < -0.39 is 5.82 Å². The van der Waals surface area contributed by atoms with Crippen LogP contribution in [0.2, 0.25) is 10.0 Å². The molecule has 0 aliphatic carbocycles. The summed E-state index contributed by atoms with van der Waals surface area (Å²) < 4.78 is 25.6. The molecule has 34 heavy (non-hydrogen) atoms. The highest BCUT2D eigenvalue weighted by atomic mass is 35.5. The van der Waals surface area contributed by atoms with E-state index in [1.807, 2.05) is 37.3 Å². The topological polar surface area (TPSA) is 38.8 Å². The highest BCUT2D eigenvalue weighted by Crippen LogP contribution is 2.38. The van der Waals surface area contributed by atoms with E-state index >= 15 is 0 Å². The number of ether oxygens (including phenoxy) is 2. The van der Waals surface area contributed by atoms with Crippen molar-refractivity contribution in [2.75, 3.05) is 11.5 Å². The van der Waals surface area contributed by atoms with Gasteiger partial charge in [-0.25, -0.2) is 4.39 Å². The molecule has 9 heteroatoms. The summed E-state index contributed by atoms with van der Waals surface area (Å²) in [4.78, 5) is 14.8. The number of anilines is 1. The Morgan fingerprint density at radius 1 is 1.03 bits per heavy atom. The van der Waals surface area contributed by atoms with Crippen molar-refractivity contribution < 1.29 is 18.7 Å². The third-order valence-electron chi connectivity index (χ3n) is 4.86. The highest BCUT2D eigenvalue weighted by Gasteiger charge is 2.33. The number of halogens is 3. The van der Waals surface area contributed by atoms with Gasteiger partial charge >= 0.3 is 0 Å². The van der Waals surface area contributed by atoms with Gasteiger partial charge in [0.15, 0.2) is 15.8 Å². The Kier molecular flexibility index (Phi) is 7.78. The molecule has 0 atom stereocenters. The van der Waals surface area contributed by atoms with Crippen LogP contribution >= 0.6 is 47.2 Å². The number of rotatable bonds is 7. The van der Waals surface area contributed by atoms with Crippen LogP contribution in [0.25, 0.3) is 6.08 Å². The zero-order valence-electron chi connectivity index (χ0n) is 17.9. The SMILES string of the molecule is CCOc1cc(C=C2SC(=S)N(c3ccc(F)c(Cl)c3)C2=O)ccc1OCc1ccccc1Cl. The Balaban J connectivity index is 1.56. The van der Waals surface area contributed by atoms with Crippen molar-refractivity contribution >= 4 is 69.2 Å². The van der Waals surface area contributed by atoms with Gasteiger partial charge < -0.3 is 9.47 Å². The van der Waals surface area contributed by atoms with Crippen LogP contribution in [0.5, 0.6) is 11.5 Å². The van der Waals surface area contributed by atoms with E-state index in [9.17, 15) is 9.18 Å². The Bertz CT molecular complexity index is 1300. The summed E-state index contributed by atoms with van der Waals surface area (Å²) in [6.07, 6.45) is 1.73. The van der Waals surface area contributed by atoms with Gasteiger partial charge in [0.25, 0.3) is 5.91 Å². The average Bonchev–Trinajstić information content (AvgIpc) is 3.09. The van der Waals surface area contributed by atoms with Crippen molar-refractivity contribution in [2.24, 2.45) is 0 Å². The average molecular weight is 534 g/mol. The number of hydrogen-bond donors (Lipinski definition) is 0. The number of carbonyl (C=O) groups is 1. The molecule has 0 radical (unpaired) electrons. The minimum atomic E-state index is -0.563. The normalized spacial score (nSPS) is 14.7. The lowest BCUT2D eigenvalue weighted by atomic mass is 10.1. The van der Waals surface area contributed by atoms with E-state index in [0.29, 0.717) is 38.0 Å². The molecule has 1 aliphatic rings. The molecule has 1 aliphatic heterocycles. The van der Waals surface area contributed by atoms with Gasteiger partial charge in [-0.3, -0.25) is 9.69 Å². The maximum atomic E-state index is 13.5. The molecule has 4 nitrogen and oxygen atoms in total. The smallest absolute Gasteiger partial charge is 0.270 e. The molecule has 1 heterocycles. The Morgan fingerprint density at radius 2 is 1.82 bits per heavy atom. The Morgan fingerprint density at radius 3 is 2.56 bits per heavy atom. The molecular formula is C25H18Cl2FNO3S2. The van der Waals surface area contributed by atoms with Gasteiger partial charge in [0.05, 0.1) is 22.2 Å². The number of thioether (sulfide) groups is 1. The summed E-state index contributed by atoms with van der Waals surface area (Å²) in [5, 5.41) is 0.547. The third-order valence-corrected chi connectivity index (χ3v) is 6.82. The predicted molar refractivity (Wildman–Crippen MR) is 140 cm³/mol. The second-order valence-corrected chi connectivity index (χ2v) is 9.62. The molecule has 0 aromatic heterocycles. The first kappa shape index (κ1) is 24.5. The third kappa shape index (κ3) is 5.39. The molecule has 1 amide bonds. The maximum Gasteiger partial charge on any atom is 0.270 e. The van der Waals surface area contributed by atoms with E-state index in [0.717, 1.165) is 22.9 Å². The summed E-state index contributed by atoms with van der Waals surface area (Å²) in [6, 6.07) is 16.9. The monoisotopic (exact) mass is 533 g/mol. The number of benzene rings is 3. The van der Waals surface area contributed by atoms with E-state index in [1.165, 1.54) is 23.1 Å². The van der Waals surface area contributed by atoms with Gasteiger partial charge in [-0.15, -0.1) is 0 Å². The lowest BCUT2D eigenvalue weighted by molar-refractivity contribution is -0.113. The fraction of sp³-hybridized carbons (Fsp3) is 0.120. The summed E-state index contributed by atoms with van der Waals surface area (Å²) >= 11 is 18.6. The van der Waals surface area contributed by atoms with Crippen LogP contribution in [0.4, 0.5) is 10.1 Å². The number of amides is 1. The van der Waals surface area contributed by atoms with Crippen LogP contribution in [-0.4, -0.2) is 16.8 Å². The molecule has 0 spiro atoms. The van der Waals surface area contributed by atoms with E-state index in [2.05, 4.69) is 0 Å². The largest absolute Gasteiger partial charge is 0.490 e. The molecule has 3 aromatic rings. The van der Waals surface area contributed by atoms with Crippen molar-refractivity contribution in [3.8, 4) is 11.5 Å². The van der Waals surface area contributed by atoms with Gasteiger partial charge in [0, 0.05) is 10.6 Å². The van der Waals surface area contributed by atoms with E-state index in [4.69, 9.17) is 44.9 Å². The zero-order valence-corrected chi connectivity index (χ0v) is 21.0. The Labute approximate surface area is 216 Å². The molecule has 0 saturated carbocycles. The summed E-state index contributed by atoms with van der Waals surface area (Å²) in [5.74, 6) is 0.234. The summed E-state index contributed by atoms with van der Waals surface area (Å²) in [7, 11) is 0. The quantitative estimate of drug-likeness (QED) is 0.232. The van der Waals surface area contributed by atoms with Crippen LogP contribution < -0.4 is 14.4 Å². The van der Waals surface area contributed by atoms with Crippen molar-refractivity contribution in [1.29, 1.82) is 0 Å². The van der Waals surface area contributed by atoms with Gasteiger partial charge in [-0.05, 0) is 55.0 Å². The van der Waals surface area contributed by atoms with Crippen molar-refractivity contribution in [2.45, 2.75) is 13.5 Å². The number of hydrogen-bond acceptors (Lipinski definition) is 5. The molecule has 0 N–H and O–H groups in total. The first-order valence-electron chi connectivity index (χ1n) is 10.2. The highest BCUT2D eigenvalue weighted by molar-refractivity contribution is 8.27. The molecule has 0 unspecified atom stereocenters. The van der Waals surface area contributed by atoms with Gasteiger partial charge in [-0.2, -0.15) is 0 Å². The molecule has 1 saturated heterocycles. The summed E-state index contributed by atoms with van der Waals surface area (Å²) in [5.41, 5.74) is 2.02. The van der Waals surface area contributed by atoms with E-state index in [-0.39, 0.29) is 17.5 Å². The molecular weight excluding hydrogens is 516 g/mol. The van der Waals surface area contributed by atoms with Crippen LogP contribution in [0, 0.1) is 5.82 Å². The van der Waals surface area contributed by atoms with E-state index in [1.54, 1.807) is 18.2 Å². The van der Waals surface area contributed by atoms with Crippen molar-refractivity contribution in [1.82, 2.24) is 0 Å². The second kappa shape index (κ2) is 10.8. The van der Waals surface area contributed by atoms with Gasteiger partial charge in [0.2, 0.25) is 0 Å². The minimum Gasteiger partial charge on any atom is -0.490 e. The molecule has 3 aromatic carbocycles. The number of thiocarbonyl (C=S) groups is 1. The van der Waals surface area contributed by atoms with Crippen molar-refractivity contribution in [3.63, 3.8) is 0 Å². The molecule has 174 valence electrons. The molecule has 0 bridgehead atoms. The molecule has 4 rings (SSSR count). The number of carbonyl (C=O) groups excluding carboxylic acids is 1. The van der Waals surface area contributed by atoms with Crippen molar-refractivity contribution in [3.05, 3.63) is 92.6 Å². The fourth-order valence-electron chi connectivity index (χ4n) is 3.24. The first-order valence-corrected chi connectivity index (χ1v) is 12.2. The van der Waals surface area contributed by atoms with Crippen LogP contribution in [0.15, 0.2) is 65.6 Å². The first-order chi connectivity index (χ1) is 16.4. The lowest BCUT2D eigenvalue weighted by Crippen LogP contribution is -2.27. The summed E-state index contributed by atoms with van der Waals surface area (Å²) in [6.45, 7) is 2.61. The Hall–Kier alpha value is -2.58. The van der Waals surface area contributed by atoms with Crippen LogP contribution in [-0.2, 0) is 11.4 Å². The predicted octanol–water partition coefficient (Wildman–Crippen LogP) is 7.52. The van der Waals surface area contributed by atoms with Gasteiger partial charge in [0.1, 0.15) is 12.4 Å².